The topological polar surface area (TPSA) is 12.0 Å². The first-order valence-corrected chi connectivity index (χ1v) is 5.91. The minimum atomic E-state index is 0.468. The first-order chi connectivity index (χ1) is 6.69. The van der Waals surface area contributed by atoms with E-state index in [1.54, 1.807) is 0 Å². The molecule has 1 atom stereocenters. The van der Waals surface area contributed by atoms with E-state index in [9.17, 15) is 0 Å². The molecular formula is C12H18BrN. The quantitative estimate of drug-likeness (QED) is 0.863. The number of benzene rings is 1. The van der Waals surface area contributed by atoms with Gasteiger partial charge in [-0.05, 0) is 37.6 Å². The van der Waals surface area contributed by atoms with Crippen molar-refractivity contribution in [2.24, 2.45) is 0 Å². The van der Waals surface area contributed by atoms with Gasteiger partial charge in [-0.1, -0.05) is 41.4 Å². The first-order valence-electron chi connectivity index (χ1n) is 5.12. The summed E-state index contributed by atoms with van der Waals surface area (Å²) >= 11 is 3.62. The van der Waals surface area contributed by atoms with Crippen LogP contribution in [0.15, 0.2) is 22.7 Å². The predicted octanol–water partition coefficient (Wildman–Crippen LogP) is 3.82. The van der Waals surface area contributed by atoms with Crippen LogP contribution in [0.3, 0.4) is 0 Å². The Morgan fingerprint density at radius 1 is 1.43 bits per heavy atom. The second-order valence-corrected chi connectivity index (χ2v) is 4.51. The van der Waals surface area contributed by atoms with E-state index in [0.717, 1.165) is 0 Å². The van der Waals surface area contributed by atoms with E-state index in [-0.39, 0.29) is 0 Å². The molecule has 0 heterocycles. The Morgan fingerprint density at radius 3 is 2.64 bits per heavy atom. The van der Waals surface area contributed by atoms with Gasteiger partial charge >= 0.3 is 0 Å². The molecule has 0 aromatic heterocycles. The Bertz CT molecular complexity index is 296. The van der Waals surface area contributed by atoms with Crippen LogP contribution in [0.25, 0.3) is 0 Å². The highest BCUT2D eigenvalue weighted by Crippen LogP contribution is 2.27. The van der Waals surface area contributed by atoms with Crippen molar-refractivity contribution in [3.05, 3.63) is 33.8 Å². The third-order valence-corrected chi connectivity index (χ3v) is 3.14. The van der Waals surface area contributed by atoms with Crippen LogP contribution in [0.1, 0.15) is 36.9 Å². The molecule has 0 spiro atoms. The number of hydrogen-bond donors (Lipinski definition) is 1. The van der Waals surface area contributed by atoms with Gasteiger partial charge in [-0.15, -0.1) is 0 Å². The van der Waals surface area contributed by atoms with E-state index < -0.39 is 0 Å². The van der Waals surface area contributed by atoms with Crippen molar-refractivity contribution < 1.29 is 0 Å². The van der Waals surface area contributed by atoms with Gasteiger partial charge in [0.15, 0.2) is 0 Å². The van der Waals surface area contributed by atoms with E-state index in [2.05, 4.69) is 53.3 Å². The van der Waals surface area contributed by atoms with Crippen molar-refractivity contribution in [3.63, 3.8) is 0 Å². The Hall–Kier alpha value is -0.340. The monoisotopic (exact) mass is 255 g/mol. The molecule has 0 radical (unpaired) electrons. The SMILES string of the molecule is CCCC(NC)c1ccc(C)cc1Br. The summed E-state index contributed by atoms with van der Waals surface area (Å²) in [6, 6.07) is 7.01. The zero-order chi connectivity index (χ0) is 10.6. The summed E-state index contributed by atoms with van der Waals surface area (Å²) in [5, 5.41) is 3.35. The lowest BCUT2D eigenvalue weighted by molar-refractivity contribution is 0.539. The maximum absolute atomic E-state index is 3.62. The highest BCUT2D eigenvalue weighted by atomic mass is 79.9. The van der Waals surface area contributed by atoms with E-state index >= 15 is 0 Å². The smallest absolute Gasteiger partial charge is 0.0328 e. The lowest BCUT2D eigenvalue weighted by Gasteiger charge is -2.17. The number of rotatable bonds is 4. The molecule has 0 aliphatic heterocycles. The molecule has 78 valence electrons. The Balaban J connectivity index is 2.92. The van der Waals surface area contributed by atoms with Crippen LogP contribution in [0.4, 0.5) is 0 Å². The van der Waals surface area contributed by atoms with Gasteiger partial charge in [0.2, 0.25) is 0 Å². The van der Waals surface area contributed by atoms with Gasteiger partial charge in [0, 0.05) is 10.5 Å². The average Bonchev–Trinajstić information content (AvgIpc) is 2.15. The molecule has 1 N–H and O–H groups in total. The third-order valence-electron chi connectivity index (χ3n) is 2.46. The normalized spacial score (nSPS) is 12.9. The second kappa shape index (κ2) is 5.52. The molecule has 0 saturated carbocycles. The number of aryl methyl sites for hydroxylation is 1. The number of nitrogens with one attached hydrogen (secondary N) is 1. The van der Waals surface area contributed by atoms with Crippen molar-refractivity contribution in [2.75, 3.05) is 7.05 Å². The lowest BCUT2D eigenvalue weighted by Crippen LogP contribution is -2.16. The van der Waals surface area contributed by atoms with E-state index in [4.69, 9.17) is 0 Å². The molecular weight excluding hydrogens is 238 g/mol. The van der Waals surface area contributed by atoms with Crippen LogP contribution in [0.2, 0.25) is 0 Å². The molecule has 1 nitrogen and oxygen atoms in total. The molecule has 1 aromatic carbocycles. The van der Waals surface area contributed by atoms with Gasteiger partial charge in [-0.2, -0.15) is 0 Å². The predicted molar refractivity (Wildman–Crippen MR) is 65.6 cm³/mol. The van der Waals surface area contributed by atoms with Gasteiger partial charge in [0.1, 0.15) is 0 Å². The highest BCUT2D eigenvalue weighted by molar-refractivity contribution is 9.10. The molecule has 0 fully saturated rings. The standard InChI is InChI=1S/C12H18BrN/c1-4-5-12(14-3)10-7-6-9(2)8-11(10)13/h6-8,12,14H,4-5H2,1-3H3. The zero-order valence-corrected chi connectivity index (χ0v) is 10.7. The van der Waals surface area contributed by atoms with E-state index in [1.165, 1.54) is 28.4 Å². The summed E-state index contributed by atoms with van der Waals surface area (Å²) in [6.45, 7) is 4.33. The second-order valence-electron chi connectivity index (χ2n) is 3.65. The Labute approximate surface area is 95.0 Å². The fourth-order valence-corrected chi connectivity index (χ4v) is 2.43. The molecule has 0 bridgehead atoms. The van der Waals surface area contributed by atoms with Crippen LogP contribution in [0, 0.1) is 6.92 Å². The van der Waals surface area contributed by atoms with Crippen LogP contribution in [-0.2, 0) is 0 Å². The fraction of sp³-hybridized carbons (Fsp3) is 0.500. The highest BCUT2D eigenvalue weighted by Gasteiger charge is 2.10. The summed E-state index contributed by atoms with van der Waals surface area (Å²) in [4.78, 5) is 0. The van der Waals surface area contributed by atoms with E-state index in [0.29, 0.717) is 6.04 Å². The Morgan fingerprint density at radius 2 is 2.14 bits per heavy atom. The molecule has 0 aliphatic carbocycles. The van der Waals surface area contributed by atoms with Crippen molar-refractivity contribution in [1.29, 1.82) is 0 Å². The molecule has 1 rings (SSSR count). The molecule has 2 heteroatoms. The summed E-state index contributed by atoms with van der Waals surface area (Å²) in [5.74, 6) is 0. The molecule has 1 aromatic rings. The molecule has 0 saturated heterocycles. The van der Waals surface area contributed by atoms with Gasteiger partial charge in [-0.25, -0.2) is 0 Å². The minimum absolute atomic E-state index is 0.468. The van der Waals surface area contributed by atoms with Crippen LogP contribution in [-0.4, -0.2) is 7.05 Å². The van der Waals surface area contributed by atoms with Crippen LogP contribution < -0.4 is 5.32 Å². The molecule has 14 heavy (non-hydrogen) atoms. The van der Waals surface area contributed by atoms with Gasteiger partial charge in [0.25, 0.3) is 0 Å². The number of hydrogen-bond acceptors (Lipinski definition) is 1. The first kappa shape index (κ1) is 11.7. The fourth-order valence-electron chi connectivity index (χ4n) is 1.66. The summed E-state index contributed by atoms with van der Waals surface area (Å²) in [6.07, 6.45) is 2.38. The zero-order valence-electron chi connectivity index (χ0n) is 9.10. The van der Waals surface area contributed by atoms with Crippen LogP contribution >= 0.6 is 15.9 Å². The van der Waals surface area contributed by atoms with E-state index in [1.807, 2.05) is 7.05 Å². The largest absolute Gasteiger partial charge is 0.313 e. The summed E-state index contributed by atoms with van der Waals surface area (Å²) in [5.41, 5.74) is 2.66. The summed E-state index contributed by atoms with van der Waals surface area (Å²) in [7, 11) is 2.02. The minimum Gasteiger partial charge on any atom is -0.313 e. The van der Waals surface area contributed by atoms with Crippen molar-refractivity contribution in [2.45, 2.75) is 32.7 Å². The molecule has 0 amide bonds. The van der Waals surface area contributed by atoms with Crippen molar-refractivity contribution >= 4 is 15.9 Å². The lowest BCUT2D eigenvalue weighted by atomic mass is 10.0. The molecule has 1 unspecified atom stereocenters. The van der Waals surface area contributed by atoms with Crippen LogP contribution in [0.5, 0.6) is 0 Å². The van der Waals surface area contributed by atoms with Gasteiger partial charge in [0.05, 0.1) is 0 Å². The summed E-state index contributed by atoms with van der Waals surface area (Å²) < 4.78 is 1.21. The maximum atomic E-state index is 3.62. The van der Waals surface area contributed by atoms with Crippen molar-refractivity contribution in [3.8, 4) is 0 Å². The van der Waals surface area contributed by atoms with Crippen molar-refractivity contribution in [1.82, 2.24) is 5.32 Å². The van der Waals surface area contributed by atoms with Gasteiger partial charge < -0.3 is 5.32 Å². The molecule has 0 aliphatic rings. The Kier molecular flexibility index (Phi) is 4.63. The third kappa shape index (κ3) is 2.82. The maximum Gasteiger partial charge on any atom is 0.0328 e. The average molecular weight is 256 g/mol. The number of halogens is 1. The van der Waals surface area contributed by atoms with Gasteiger partial charge in [-0.3, -0.25) is 0 Å².